The van der Waals surface area contributed by atoms with E-state index in [-0.39, 0.29) is 25.7 Å². The number of carbonyl (C=O) groups is 4. The van der Waals surface area contributed by atoms with Crippen molar-refractivity contribution in [3.63, 3.8) is 0 Å². The molecular formula is C72H136O17P2. The van der Waals surface area contributed by atoms with Crippen LogP contribution in [0.25, 0.3) is 0 Å². The summed E-state index contributed by atoms with van der Waals surface area (Å²) in [4.78, 5) is 72.6. The van der Waals surface area contributed by atoms with Gasteiger partial charge in [0.15, 0.2) is 12.2 Å². The van der Waals surface area contributed by atoms with Crippen LogP contribution in [-0.4, -0.2) is 96.7 Å². The van der Waals surface area contributed by atoms with Crippen molar-refractivity contribution in [2.75, 3.05) is 39.6 Å². The zero-order chi connectivity index (χ0) is 67.2. The molecule has 0 aliphatic carbocycles. The highest BCUT2D eigenvalue weighted by Gasteiger charge is 2.30. The van der Waals surface area contributed by atoms with Crippen LogP contribution in [0.15, 0.2) is 24.3 Å². The minimum absolute atomic E-state index is 0.0851. The molecule has 0 aliphatic heterocycles. The van der Waals surface area contributed by atoms with Crippen LogP contribution in [-0.2, 0) is 65.4 Å². The fourth-order valence-corrected chi connectivity index (χ4v) is 12.0. The third-order valence-electron chi connectivity index (χ3n) is 16.4. The molecule has 91 heavy (non-hydrogen) atoms. The van der Waals surface area contributed by atoms with Gasteiger partial charge in [0, 0.05) is 25.7 Å². The van der Waals surface area contributed by atoms with Crippen molar-refractivity contribution in [2.24, 2.45) is 11.8 Å². The summed E-state index contributed by atoms with van der Waals surface area (Å²) in [5.41, 5.74) is 0. The largest absolute Gasteiger partial charge is 0.472 e. The Labute approximate surface area is 554 Å². The first kappa shape index (κ1) is 88.5. The molecule has 0 radical (unpaired) electrons. The molecule has 0 aromatic carbocycles. The van der Waals surface area contributed by atoms with Gasteiger partial charge in [0.2, 0.25) is 0 Å². The Balaban J connectivity index is 5.30. The molecule has 0 heterocycles. The summed E-state index contributed by atoms with van der Waals surface area (Å²) in [5, 5.41) is 10.6. The van der Waals surface area contributed by atoms with Crippen molar-refractivity contribution in [3.8, 4) is 0 Å². The predicted molar refractivity (Wildman–Crippen MR) is 367 cm³/mol. The van der Waals surface area contributed by atoms with Gasteiger partial charge in [-0.15, -0.1) is 0 Å². The van der Waals surface area contributed by atoms with Crippen LogP contribution in [0.2, 0.25) is 0 Å². The van der Waals surface area contributed by atoms with E-state index in [9.17, 15) is 43.2 Å². The molecule has 0 saturated carbocycles. The first-order valence-electron chi connectivity index (χ1n) is 36.8. The maximum absolute atomic E-state index is 13.0. The van der Waals surface area contributed by atoms with Crippen molar-refractivity contribution >= 4 is 39.5 Å². The summed E-state index contributed by atoms with van der Waals surface area (Å²) in [6.07, 6.45) is 52.1. The van der Waals surface area contributed by atoms with Crippen LogP contribution in [0.4, 0.5) is 0 Å². The summed E-state index contributed by atoms with van der Waals surface area (Å²) < 4.78 is 68.3. The molecule has 536 valence electrons. The standard InChI is InChI=1S/C72H136O17P2/c1-7-10-12-14-16-18-20-22-23-25-27-29-38-44-50-56-71(76)88-67(60-82-69(74)54-48-42-36-28-26-24-21-19-17-15-13-11-8-2)62-86-90(78,79)84-58-66(73)59-85-91(80,81)87-63-68(61-83-70(75)55-49-43-37-32-30-34-40-46-52-64(4)5)89-72(77)57-51-45-39-33-31-35-41-47-53-65(6)9-3/h18,20,22-23,64-68,73H,7-17,19,21,24-63H2,1-6H3,(H,78,79)(H,80,81)/b20-18-,23-22-/t65?,66-,67-,68-/m1/s1. The normalized spacial score (nSPS) is 14.6. The Kier molecular flexibility index (Phi) is 61.9. The highest BCUT2D eigenvalue weighted by molar-refractivity contribution is 7.47. The van der Waals surface area contributed by atoms with E-state index in [1.54, 1.807) is 0 Å². The van der Waals surface area contributed by atoms with E-state index in [2.05, 4.69) is 65.8 Å². The molecule has 0 rings (SSSR count). The van der Waals surface area contributed by atoms with E-state index in [0.29, 0.717) is 25.7 Å². The summed E-state index contributed by atoms with van der Waals surface area (Å²) >= 11 is 0. The van der Waals surface area contributed by atoms with Gasteiger partial charge in [-0.25, -0.2) is 9.13 Å². The van der Waals surface area contributed by atoms with Crippen LogP contribution in [0, 0.1) is 11.8 Å². The van der Waals surface area contributed by atoms with E-state index in [4.69, 9.17) is 37.0 Å². The highest BCUT2D eigenvalue weighted by atomic mass is 31.2. The Morgan fingerprint density at radius 2 is 0.648 bits per heavy atom. The summed E-state index contributed by atoms with van der Waals surface area (Å²) in [6.45, 7) is 9.46. The lowest BCUT2D eigenvalue weighted by molar-refractivity contribution is -0.161. The Morgan fingerprint density at radius 3 is 0.989 bits per heavy atom. The Hall–Kier alpha value is -2.46. The van der Waals surface area contributed by atoms with Crippen LogP contribution >= 0.6 is 15.6 Å². The minimum Gasteiger partial charge on any atom is -0.462 e. The van der Waals surface area contributed by atoms with Crippen LogP contribution < -0.4 is 0 Å². The van der Waals surface area contributed by atoms with Gasteiger partial charge in [-0.05, 0) is 63.2 Å². The summed E-state index contributed by atoms with van der Waals surface area (Å²) in [5.74, 6) is -0.661. The third kappa shape index (κ3) is 64.6. The first-order chi connectivity index (χ1) is 43.9. The average molecular weight is 1340 g/mol. The number of rotatable bonds is 69. The topological polar surface area (TPSA) is 237 Å². The van der Waals surface area contributed by atoms with Crippen LogP contribution in [0.5, 0.6) is 0 Å². The number of phosphoric acid groups is 2. The molecule has 0 spiro atoms. The molecule has 0 fully saturated rings. The van der Waals surface area contributed by atoms with Crippen molar-refractivity contribution in [3.05, 3.63) is 24.3 Å². The van der Waals surface area contributed by atoms with Crippen LogP contribution in [0.1, 0.15) is 343 Å². The lowest BCUT2D eigenvalue weighted by Crippen LogP contribution is -2.30. The Bertz CT molecular complexity index is 1860. The number of esters is 4. The fourth-order valence-electron chi connectivity index (χ4n) is 10.4. The molecule has 0 bridgehead atoms. The average Bonchev–Trinajstić information content (AvgIpc) is 3.21. The molecule has 3 unspecified atom stereocenters. The molecular weight excluding hydrogens is 1200 g/mol. The molecule has 6 atom stereocenters. The molecule has 0 saturated heterocycles. The van der Waals surface area contributed by atoms with Gasteiger partial charge in [0.05, 0.1) is 26.4 Å². The van der Waals surface area contributed by atoms with Gasteiger partial charge in [-0.2, -0.15) is 0 Å². The molecule has 19 heteroatoms. The SMILES string of the molecule is CCCCCC/C=C\C=C/CCCCCCCC(=O)O[C@H](COC(=O)CCCCCCCCCCCCCCC)COP(=O)(O)OC[C@@H](O)COP(=O)(O)OC[C@@H](COC(=O)CCCCCCCCCCC(C)C)OC(=O)CCCCCCCCCCC(C)CC. The minimum atomic E-state index is -4.96. The number of aliphatic hydroxyl groups excluding tert-OH is 1. The molecule has 3 N–H and O–H groups in total. The highest BCUT2D eigenvalue weighted by Crippen LogP contribution is 2.45. The lowest BCUT2D eigenvalue weighted by atomic mass is 9.99. The maximum atomic E-state index is 13.0. The van der Waals surface area contributed by atoms with Crippen molar-refractivity contribution in [1.82, 2.24) is 0 Å². The van der Waals surface area contributed by atoms with Gasteiger partial charge in [-0.3, -0.25) is 37.3 Å². The second kappa shape index (κ2) is 63.6. The number of phosphoric ester groups is 2. The number of carbonyl (C=O) groups excluding carboxylic acids is 4. The molecule has 0 aliphatic rings. The van der Waals surface area contributed by atoms with Crippen LogP contribution in [0.3, 0.4) is 0 Å². The number of ether oxygens (including phenoxy) is 4. The quantitative estimate of drug-likeness (QED) is 0.0169. The predicted octanol–water partition coefficient (Wildman–Crippen LogP) is 20.3. The number of allylic oxidation sites excluding steroid dienone is 4. The monoisotopic (exact) mass is 1330 g/mol. The molecule has 0 aromatic rings. The van der Waals surface area contributed by atoms with E-state index < -0.39 is 97.5 Å². The van der Waals surface area contributed by atoms with Crippen molar-refractivity contribution < 1.29 is 80.2 Å². The van der Waals surface area contributed by atoms with Crippen molar-refractivity contribution in [2.45, 2.75) is 362 Å². The van der Waals surface area contributed by atoms with E-state index in [0.717, 1.165) is 115 Å². The van der Waals surface area contributed by atoms with Gasteiger partial charge < -0.3 is 33.8 Å². The zero-order valence-electron chi connectivity index (χ0n) is 58.6. The second-order valence-corrected chi connectivity index (χ2v) is 28.9. The second-order valence-electron chi connectivity index (χ2n) is 26.0. The first-order valence-corrected chi connectivity index (χ1v) is 39.8. The number of hydrogen-bond acceptors (Lipinski definition) is 15. The smallest absolute Gasteiger partial charge is 0.462 e. The molecule has 0 aromatic heterocycles. The molecule has 0 amide bonds. The van der Waals surface area contributed by atoms with E-state index in [1.165, 1.54) is 148 Å². The van der Waals surface area contributed by atoms with E-state index in [1.807, 2.05) is 0 Å². The van der Waals surface area contributed by atoms with Gasteiger partial charge in [-0.1, -0.05) is 291 Å². The number of unbranched alkanes of at least 4 members (excludes halogenated alkanes) is 35. The number of hydrogen-bond donors (Lipinski definition) is 3. The molecule has 17 nitrogen and oxygen atoms in total. The van der Waals surface area contributed by atoms with Gasteiger partial charge >= 0.3 is 39.5 Å². The van der Waals surface area contributed by atoms with Gasteiger partial charge in [0.25, 0.3) is 0 Å². The lowest BCUT2D eigenvalue weighted by Gasteiger charge is -2.21. The Morgan fingerprint density at radius 1 is 0.363 bits per heavy atom. The third-order valence-corrected chi connectivity index (χ3v) is 18.3. The van der Waals surface area contributed by atoms with Crippen molar-refractivity contribution in [1.29, 1.82) is 0 Å². The summed E-state index contributed by atoms with van der Waals surface area (Å²) in [6, 6.07) is 0. The van der Waals surface area contributed by atoms with Gasteiger partial charge in [0.1, 0.15) is 19.3 Å². The summed E-state index contributed by atoms with van der Waals surface area (Å²) in [7, 11) is -9.92. The number of aliphatic hydroxyl groups is 1. The maximum Gasteiger partial charge on any atom is 0.472 e. The zero-order valence-corrected chi connectivity index (χ0v) is 60.4. The van der Waals surface area contributed by atoms with E-state index >= 15 is 0 Å². The fraction of sp³-hybridized carbons (Fsp3) is 0.889.